The van der Waals surface area contributed by atoms with Crippen molar-refractivity contribution in [2.24, 2.45) is 0 Å². The molecule has 20 heavy (non-hydrogen) atoms. The van der Waals surface area contributed by atoms with E-state index in [1.54, 1.807) is 0 Å². The maximum atomic E-state index is 11.9. The van der Waals surface area contributed by atoms with Crippen molar-refractivity contribution in [3.05, 3.63) is 35.4 Å². The normalized spacial score (nSPS) is 16.1. The van der Waals surface area contributed by atoms with Crippen LogP contribution in [0.4, 0.5) is 0 Å². The van der Waals surface area contributed by atoms with Crippen LogP contribution in [0, 0.1) is 6.92 Å². The van der Waals surface area contributed by atoms with Crippen molar-refractivity contribution < 1.29 is 4.79 Å². The summed E-state index contributed by atoms with van der Waals surface area (Å²) in [4.78, 5) is 11.9. The number of thioether (sulfide) groups is 1. The first-order valence-corrected chi connectivity index (χ1v) is 8.83. The molecule has 1 aliphatic carbocycles. The van der Waals surface area contributed by atoms with Crippen molar-refractivity contribution in [1.82, 2.24) is 5.32 Å². The van der Waals surface area contributed by atoms with E-state index in [2.05, 4.69) is 36.5 Å². The Kier molecular flexibility index (Phi) is 6.44. The van der Waals surface area contributed by atoms with Crippen molar-refractivity contribution in [1.29, 1.82) is 0 Å². The topological polar surface area (TPSA) is 29.1 Å². The molecule has 1 saturated carbocycles. The van der Waals surface area contributed by atoms with Gasteiger partial charge in [0.05, 0.1) is 0 Å². The van der Waals surface area contributed by atoms with Crippen LogP contribution in [0.15, 0.2) is 24.3 Å². The third kappa shape index (κ3) is 5.20. The van der Waals surface area contributed by atoms with Gasteiger partial charge in [0.1, 0.15) is 0 Å². The van der Waals surface area contributed by atoms with Gasteiger partial charge in [-0.3, -0.25) is 4.79 Å². The molecule has 0 saturated heterocycles. The Balaban J connectivity index is 1.60. The molecule has 1 aromatic carbocycles. The minimum Gasteiger partial charge on any atom is -0.353 e. The van der Waals surface area contributed by atoms with E-state index in [0.717, 1.165) is 11.5 Å². The Labute approximate surface area is 126 Å². The van der Waals surface area contributed by atoms with Crippen LogP contribution in [-0.2, 0) is 10.5 Å². The molecule has 0 unspecified atom stereocenters. The zero-order chi connectivity index (χ0) is 14.2. The monoisotopic (exact) mass is 291 g/mol. The standard InChI is InChI=1S/C17H25NOS/c1-14-7-5-6-8-15(14)13-20-12-11-17(19)18-16-9-3-2-4-10-16/h5-8,16H,2-4,9-13H2,1H3,(H,18,19). The summed E-state index contributed by atoms with van der Waals surface area (Å²) in [6, 6.07) is 8.91. The number of carbonyl (C=O) groups excluding carboxylic acids is 1. The van der Waals surface area contributed by atoms with E-state index in [0.29, 0.717) is 12.5 Å². The summed E-state index contributed by atoms with van der Waals surface area (Å²) in [5.41, 5.74) is 2.72. The molecule has 2 rings (SSSR count). The zero-order valence-corrected chi connectivity index (χ0v) is 13.2. The molecule has 0 atom stereocenters. The van der Waals surface area contributed by atoms with E-state index >= 15 is 0 Å². The summed E-state index contributed by atoms with van der Waals surface area (Å²) >= 11 is 1.85. The first-order valence-electron chi connectivity index (χ1n) is 7.67. The van der Waals surface area contributed by atoms with Crippen LogP contribution in [0.1, 0.15) is 49.7 Å². The van der Waals surface area contributed by atoms with Gasteiger partial charge in [0.15, 0.2) is 0 Å². The zero-order valence-electron chi connectivity index (χ0n) is 12.4. The van der Waals surface area contributed by atoms with Crippen LogP contribution in [0.5, 0.6) is 0 Å². The van der Waals surface area contributed by atoms with Crippen LogP contribution in [-0.4, -0.2) is 17.7 Å². The van der Waals surface area contributed by atoms with Gasteiger partial charge in [0, 0.05) is 24.0 Å². The van der Waals surface area contributed by atoms with Gasteiger partial charge in [0.25, 0.3) is 0 Å². The third-order valence-corrected chi connectivity index (χ3v) is 4.97. The smallest absolute Gasteiger partial charge is 0.221 e. The Bertz CT molecular complexity index is 427. The third-order valence-electron chi connectivity index (χ3n) is 3.96. The average Bonchev–Trinajstić information content (AvgIpc) is 2.46. The molecule has 1 fully saturated rings. The van der Waals surface area contributed by atoms with E-state index < -0.39 is 0 Å². The molecular weight excluding hydrogens is 266 g/mol. The van der Waals surface area contributed by atoms with Gasteiger partial charge in [-0.15, -0.1) is 0 Å². The van der Waals surface area contributed by atoms with Gasteiger partial charge in [-0.1, -0.05) is 43.5 Å². The number of rotatable bonds is 6. The first kappa shape index (κ1) is 15.4. The molecule has 3 heteroatoms. The molecule has 0 spiro atoms. The lowest BCUT2D eigenvalue weighted by Gasteiger charge is -2.22. The van der Waals surface area contributed by atoms with Gasteiger partial charge >= 0.3 is 0 Å². The number of amides is 1. The van der Waals surface area contributed by atoms with E-state index in [1.807, 2.05) is 11.8 Å². The Morgan fingerprint density at radius 2 is 2.00 bits per heavy atom. The molecule has 0 aromatic heterocycles. The molecule has 0 bridgehead atoms. The number of nitrogens with one attached hydrogen (secondary N) is 1. The number of hydrogen-bond donors (Lipinski definition) is 1. The number of carbonyl (C=O) groups is 1. The molecule has 110 valence electrons. The molecule has 1 aliphatic rings. The number of aryl methyl sites for hydroxylation is 1. The SMILES string of the molecule is Cc1ccccc1CSCCC(=O)NC1CCCCC1. The Morgan fingerprint density at radius 3 is 2.75 bits per heavy atom. The van der Waals surface area contributed by atoms with Crippen LogP contribution < -0.4 is 5.32 Å². The minimum absolute atomic E-state index is 0.231. The van der Waals surface area contributed by atoms with Gasteiger partial charge in [-0.25, -0.2) is 0 Å². The van der Waals surface area contributed by atoms with Gasteiger partial charge in [-0.05, 0) is 30.9 Å². The van der Waals surface area contributed by atoms with Crippen molar-refractivity contribution in [3.63, 3.8) is 0 Å². The van der Waals surface area contributed by atoms with Crippen molar-refractivity contribution in [2.75, 3.05) is 5.75 Å². The van der Waals surface area contributed by atoms with Gasteiger partial charge < -0.3 is 5.32 Å². The highest BCUT2D eigenvalue weighted by Gasteiger charge is 2.15. The molecule has 0 radical (unpaired) electrons. The highest BCUT2D eigenvalue weighted by Crippen LogP contribution is 2.18. The molecule has 0 heterocycles. The highest BCUT2D eigenvalue weighted by molar-refractivity contribution is 7.98. The van der Waals surface area contributed by atoms with Gasteiger partial charge in [0.2, 0.25) is 5.91 Å². The molecule has 2 nitrogen and oxygen atoms in total. The second-order valence-electron chi connectivity index (χ2n) is 5.63. The lowest BCUT2D eigenvalue weighted by atomic mass is 9.95. The van der Waals surface area contributed by atoms with E-state index in [4.69, 9.17) is 0 Å². The van der Waals surface area contributed by atoms with Crippen LogP contribution in [0.3, 0.4) is 0 Å². The predicted molar refractivity (Wildman–Crippen MR) is 87.0 cm³/mol. The van der Waals surface area contributed by atoms with Crippen molar-refractivity contribution in [2.45, 2.75) is 57.2 Å². The Hall–Kier alpha value is -0.960. The van der Waals surface area contributed by atoms with E-state index in [1.165, 1.54) is 43.2 Å². The Morgan fingerprint density at radius 1 is 1.25 bits per heavy atom. The summed E-state index contributed by atoms with van der Waals surface area (Å²) in [6.07, 6.45) is 6.86. The highest BCUT2D eigenvalue weighted by atomic mass is 32.2. The maximum Gasteiger partial charge on any atom is 0.221 e. The second-order valence-corrected chi connectivity index (χ2v) is 6.74. The lowest BCUT2D eigenvalue weighted by molar-refractivity contribution is -0.121. The molecule has 1 amide bonds. The average molecular weight is 291 g/mol. The van der Waals surface area contributed by atoms with Gasteiger partial charge in [-0.2, -0.15) is 11.8 Å². The van der Waals surface area contributed by atoms with E-state index in [9.17, 15) is 4.79 Å². The predicted octanol–water partition coefficient (Wildman–Crippen LogP) is 4.07. The van der Waals surface area contributed by atoms with Crippen LogP contribution in [0.25, 0.3) is 0 Å². The summed E-state index contributed by atoms with van der Waals surface area (Å²) in [5, 5.41) is 3.18. The molecule has 1 N–H and O–H groups in total. The number of benzene rings is 1. The molecule has 1 aromatic rings. The summed E-state index contributed by atoms with van der Waals surface area (Å²) in [6.45, 7) is 2.14. The van der Waals surface area contributed by atoms with E-state index in [-0.39, 0.29) is 5.91 Å². The fraction of sp³-hybridized carbons (Fsp3) is 0.588. The first-order chi connectivity index (χ1) is 9.75. The lowest BCUT2D eigenvalue weighted by Crippen LogP contribution is -2.36. The van der Waals surface area contributed by atoms with Crippen LogP contribution in [0.2, 0.25) is 0 Å². The maximum absolute atomic E-state index is 11.9. The van der Waals surface area contributed by atoms with Crippen LogP contribution >= 0.6 is 11.8 Å². The fourth-order valence-corrected chi connectivity index (χ4v) is 3.68. The molecule has 0 aliphatic heterocycles. The molecular formula is C17H25NOS. The fourth-order valence-electron chi connectivity index (χ4n) is 2.67. The largest absolute Gasteiger partial charge is 0.353 e. The second kappa shape index (κ2) is 8.35. The van der Waals surface area contributed by atoms with Crippen molar-refractivity contribution in [3.8, 4) is 0 Å². The quantitative estimate of drug-likeness (QED) is 0.801. The summed E-state index contributed by atoms with van der Waals surface area (Å²) < 4.78 is 0. The number of hydrogen-bond acceptors (Lipinski definition) is 2. The summed E-state index contributed by atoms with van der Waals surface area (Å²) in [7, 11) is 0. The summed E-state index contributed by atoms with van der Waals surface area (Å²) in [5.74, 6) is 2.14. The van der Waals surface area contributed by atoms with Crippen molar-refractivity contribution >= 4 is 17.7 Å². The minimum atomic E-state index is 0.231.